The van der Waals surface area contributed by atoms with Crippen molar-refractivity contribution in [1.82, 2.24) is 4.98 Å². The number of furan rings is 1. The van der Waals surface area contributed by atoms with E-state index < -0.39 is 0 Å². The summed E-state index contributed by atoms with van der Waals surface area (Å²) in [6, 6.07) is 13.4. The third kappa shape index (κ3) is 2.43. The lowest BCUT2D eigenvalue weighted by atomic mass is 10.2. The molecule has 0 atom stereocenters. The van der Waals surface area contributed by atoms with Crippen LogP contribution in [-0.4, -0.2) is 10.9 Å². The number of rotatable bonds is 3. The number of hydrogen-bond donors (Lipinski definition) is 1. The molecule has 22 heavy (non-hydrogen) atoms. The number of nitrogens with zero attached hydrogens (tertiary/aromatic N) is 1. The molecule has 4 aromatic rings. The average molecular weight is 326 g/mol. The normalized spacial score (nSPS) is 10.9. The fourth-order valence-electron chi connectivity index (χ4n) is 2.12. The Balaban J connectivity index is 1.59. The van der Waals surface area contributed by atoms with Gasteiger partial charge in [0.25, 0.3) is 5.91 Å². The minimum absolute atomic E-state index is 0.138. The van der Waals surface area contributed by atoms with Crippen LogP contribution in [0.15, 0.2) is 57.6 Å². The summed E-state index contributed by atoms with van der Waals surface area (Å²) in [6.45, 7) is 0. The first-order valence-electron chi connectivity index (χ1n) is 6.59. The van der Waals surface area contributed by atoms with Crippen molar-refractivity contribution in [3.63, 3.8) is 0 Å². The van der Waals surface area contributed by atoms with Crippen molar-refractivity contribution >= 4 is 44.7 Å². The van der Waals surface area contributed by atoms with Crippen LogP contribution in [0.4, 0.5) is 5.13 Å². The maximum absolute atomic E-state index is 12.0. The smallest absolute Gasteiger partial charge is 0.267 e. The quantitative estimate of drug-likeness (QED) is 0.584. The van der Waals surface area contributed by atoms with E-state index in [0.29, 0.717) is 15.8 Å². The van der Waals surface area contributed by atoms with Gasteiger partial charge in [0.1, 0.15) is 11.3 Å². The summed E-state index contributed by atoms with van der Waals surface area (Å²) in [5.41, 5.74) is 1.55. The highest BCUT2D eigenvalue weighted by molar-refractivity contribution is 7.14. The van der Waals surface area contributed by atoms with Crippen LogP contribution in [0.3, 0.4) is 0 Å². The molecule has 0 unspecified atom stereocenters. The lowest BCUT2D eigenvalue weighted by molar-refractivity contribution is 0.103. The molecule has 0 spiro atoms. The molecule has 3 heterocycles. The molecule has 0 saturated carbocycles. The number of thiazole rings is 1. The van der Waals surface area contributed by atoms with E-state index in [4.69, 9.17) is 4.42 Å². The van der Waals surface area contributed by atoms with E-state index in [9.17, 15) is 4.79 Å². The van der Waals surface area contributed by atoms with Gasteiger partial charge < -0.3 is 4.42 Å². The molecular weight excluding hydrogens is 316 g/mol. The number of carbonyl (C=O) groups excluding carboxylic acids is 1. The zero-order chi connectivity index (χ0) is 14.9. The highest BCUT2D eigenvalue weighted by Gasteiger charge is 2.13. The molecule has 3 aromatic heterocycles. The topological polar surface area (TPSA) is 55.1 Å². The second-order valence-corrected chi connectivity index (χ2v) is 6.42. The summed E-state index contributed by atoms with van der Waals surface area (Å²) in [4.78, 5) is 17.1. The third-order valence-corrected chi connectivity index (χ3v) is 4.77. The van der Waals surface area contributed by atoms with Crippen LogP contribution >= 0.6 is 22.7 Å². The van der Waals surface area contributed by atoms with Crippen molar-refractivity contribution in [3.05, 3.63) is 58.1 Å². The molecule has 0 saturated heterocycles. The number of hydrogen-bond acceptors (Lipinski definition) is 5. The van der Waals surface area contributed by atoms with Crippen LogP contribution in [-0.2, 0) is 0 Å². The van der Waals surface area contributed by atoms with Gasteiger partial charge in [-0.25, -0.2) is 4.98 Å². The van der Waals surface area contributed by atoms with Gasteiger partial charge in [-0.2, -0.15) is 0 Å². The van der Waals surface area contributed by atoms with E-state index in [1.807, 2.05) is 47.2 Å². The zero-order valence-corrected chi connectivity index (χ0v) is 12.9. The van der Waals surface area contributed by atoms with Gasteiger partial charge in [0.2, 0.25) is 0 Å². The number of carbonyl (C=O) groups is 1. The fourth-order valence-corrected chi connectivity index (χ4v) is 3.43. The summed E-state index contributed by atoms with van der Waals surface area (Å²) < 4.78 is 5.78. The number of amides is 1. The molecule has 6 heteroatoms. The van der Waals surface area contributed by atoms with Crippen molar-refractivity contribution in [2.75, 3.05) is 5.32 Å². The standard InChI is InChI=1S/C16H10N2O2S2/c19-15(14-6-3-7-21-14)18-16-17-11(9-22-16)13-8-10-4-1-2-5-12(10)20-13/h1-9H,(H,17,18,19). The largest absolute Gasteiger partial charge is 0.454 e. The first-order valence-corrected chi connectivity index (χ1v) is 8.35. The second-order valence-electron chi connectivity index (χ2n) is 4.62. The fraction of sp³-hybridized carbons (Fsp3) is 0. The Kier molecular flexibility index (Phi) is 3.25. The molecule has 4 rings (SSSR count). The highest BCUT2D eigenvalue weighted by Crippen LogP contribution is 2.30. The van der Waals surface area contributed by atoms with E-state index in [2.05, 4.69) is 10.3 Å². The zero-order valence-electron chi connectivity index (χ0n) is 11.3. The van der Waals surface area contributed by atoms with Gasteiger partial charge >= 0.3 is 0 Å². The van der Waals surface area contributed by atoms with Crippen LogP contribution in [0.1, 0.15) is 9.67 Å². The number of para-hydroxylation sites is 1. The predicted molar refractivity (Wildman–Crippen MR) is 89.6 cm³/mol. The molecule has 0 fully saturated rings. The first kappa shape index (κ1) is 13.2. The molecule has 4 nitrogen and oxygen atoms in total. The summed E-state index contributed by atoms with van der Waals surface area (Å²) in [5, 5.41) is 8.15. The average Bonchev–Trinajstić information content (AvgIpc) is 3.26. The Labute approximate surface area is 134 Å². The van der Waals surface area contributed by atoms with E-state index in [0.717, 1.165) is 16.7 Å². The summed E-state index contributed by atoms with van der Waals surface area (Å²) >= 11 is 2.78. The summed E-state index contributed by atoms with van der Waals surface area (Å²) in [5.74, 6) is 0.564. The van der Waals surface area contributed by atoms with Gasteiger partial charge in [-0.05, 0) is 23.6 Å². The molecular formula is C16H10N2O2S2. The molecule has 1 aromatic carbocycles. The maximum Gasteiger partial charge on any atom is 0.267 e. The summed E-state index contributed by atoms with van der Waals surface area (Å²) in [7, 11) is 0. The Morgan fingerprint density at radius 1 is 1.14 bits per heavy atom. The minimum Gasteiger partial charge on any atom is -0.454 e. The van der Waals surface area contributed by atoms with Crippen LogP contribution < -0.4 is 5.32 Å². The van der Waals surface area contributed by atoms with Gasteiger partial charge in [0.15, 0.2) is 10.9 Å². The number of benzene rings is 1. The third-order valence-electron chi connectivity index (χ3n) is 3.15. The molecule has 0 aliphatic carbocycles. The molecule has 0 radical (unpaired) electrons. The molecule has 1 amide bonds. The van der Waals surface area contributed by atoms with Crippen molar-refractivity contribution in [2.45, 2.75) is 0 Å². The van der Waals surface area contributed by atoms with Gasteiger partial charge in [0, 0.05) is 10.8 Å². The monoisotopic (exact) mass is 326 g/mol. The molecule has 0 bridgehead atoms. The lowest BCUT2D eigenvalue weighted by Gasteiger charge is -1.97. The SMILES string of the molecule is O=C(Nc1nc(-c2cc3ccccc3o2)cs1)c1cccs1. The van der Waals surface area contributed by atoms with Gasteiger partial charge in [-0.3, -0.25) is 10.1 Å². The Morgan fingerprint density at radius 2 is 2.05 bits per heavy atom. The van der Waals surface area contributed by atoms with Crippen molar-refractivity contribution in [2.24, 2.45) is 0 Å². The van der Waals surface area contributed by atoms with E-state index in [-0.39, 0.29) is 5.91 Å². The molecule has 0 aliphatic rings. The predicted octanol–water partition coefficient (Wildman–Crippen LogP) is 4.87. The van der Waals surface area contributed by atoms with Crippen LogP contribution in [0.5, 0.6) is 0 Å². The van der Waals surface area contributed by atoms with Crippen LogP contribution in [0, 0.1) is 0 Å². The number of nitrogens with one attached hydrogen (secondary N) is 1. The van der Waals surface area contributed by atoms with Crippen molar-refractivity contribution in [3.8, 4) is 11.5 Å². The second kappa shape index (κ2) is 5.40. The molecule has 0 aliphatic heterocycles. The lowest BCUT2D eigenvalue weighted by Crippen LogP contribution is -2.09. The Hall–Kier alpha value is -2.44. The highest BCUT2D eigenvalue weighted by atomic mass is 32.1. The van der Waals surface area contributed by atoms with Gasteiger partial charge in [0.05, 0.1) is 4.88 Å². The van der Waals surface area contributed by atoms with Crippen molar-refractivity contribution < 1.29 is 9.21 Å². The first-order chi connectivity index (χ1) is 10.8. The maximum atomic E-state index is 12.0. The molecule has 108 valence electrons. The minimum atomic E-state index is -0.138. The summed E-state index contributed by atoms with van der Waals surface area (Å²) in [6.07, 6.45) is 0. The number of fused-ring (bicyclic) bond motifs is 1. The number of anilines is 1. The van der Waals surface area contributed by atoms with Crippen molar-refractivity contribution in [1.29, 1.82) is 0 Å². The van der Waals surface area contributed by atoms with E-state index in [1.165, 1.54) is 22.7 Å². The number of thiophene rings is 1. The van der Waals surface area contributed by atoms with Crippen LogP contribution in [0.2, 0.25) is 0 Å². The van der Waals surface area contributed by atoms with Gasteiger partial charge in [-0.15, -0.1) is 22.7 Å². The van der Waals surface area contributed by atoms with E-state index >= 15 is 0 Å². The van der Waals surface area contributed by atoms with Gasteiger partial charge in [-0.1, -0.05) is 24.3 Å². The number of aromatic nitrogens is 1. The Morgan fingerprint density at radius 3 is 2.86 bits per heavy atom. The Bertz CT molecular complexity index is 905. The van der Waals surface area contributed by atoms with Crippen LogP contribution in [0.25, 0.3) is 22.4 Å². The van der Waals surface area contributed by atoms with E-state index in [1.54, 1.807) is 6.07 Å². The molecule has 1 N–H and O–H groups in total.